The zero-order chi connectivity index (χ0) is 16.1. The first kappa shape index (κ1) is 14.8. The summed E-state index contributed by atoms with van der Waals surface area (Å²) in [6.45, 7) is 0. The Balaban J connectivity index is 1.75. The highest BCUT2D eigenvalue weighted by atomic mass is 16.1. The Morgan fingerprint density at radius 2 is 1.65 bits per heavy atom. The molecule has 0 saturated heterocycles. The molecule has 1 aromatic heterocycles. The predicted molar refractivity (Wildman–Crippen MR) is 92.9 cm³/mol. The Morgan fingerprint density at radius 3 is 2.43 bits per heavy atom. The van der Waals surface area contributed by atoms with Gasteiger partial charge in [-0.3, -0.25) is 4.79 Å². The van der Waals surface area contributed by atoms with E-state index in [4.69, 9.17) is 5.73 Å². The van der Waals surface area contributed by atoms with E-state index in [-0.39, 0.29) is 5.91 Å². The fourth-order valence-corrected chi connectivity index (χ4v) is 2.35. The molecule has 4 nitrogen and oxygen atoms in total. The number of anilines is 2. The molecule has 2 aromatic carbocycles. The van der Waals surface area contributed by atoms with Gasteiger partial charge in [0, 0.05) is 11.3 Å². The van der Waals surface area contributed by atoms with Crippen molar-refractivity contribution in [1.82, 2.24) is 4.98 Å². The quantitative estimate of drug-likeness (QED) is 0.725. The highest BCUT2D eigenvalue weighted by Crippen LogP contribution is 2.24. The topological polar surface area (TPSA) is 68.0 Å². The number of nitrogens with one attached hydrogen (secondary N) is 1. The molecule has 0 radical (unpaired) electrons. The Kier molecular flexibility index (Phi) is 4.34. The van der Waals surface area contributed by atoms with E-state index in [0.717, 1.165) is 16.8 Å². The van der Waals surface area contributed by atoms with E-state index < -0.39 is 0 Å². The lowest BCUT2D eigenvalue weighted by Crippen LogP contribution is -2.15. The SMILES string of the molecule is Nc1ccccc1-c1cccc(NC(=O)Cc2ccccc2)n1. The maximum absolute atomic E-state index is 12.1. The Morgan fingerprint density at radius 1 is 0.913 bits per heavy atom. The molecule has 0 aliphatic heterocycles. The van der Waals surface area contributed by atoms with Gasteiger partial charge in [-0.2, -0.15) is 0 Å². The number of carbonyl (C=O) groups excluding carboxylic acids is 1. The molecule has 0 atom stereocenters. The first-order valence-corrected chi connectivity index (χ1v) is 7.38. The van der Waals surface area contributed by atoms with Gasteiger partial charge >= 0.3 is 0 Å². The molecule has 0 unspecified atom stereocenters. The summed E-state index contributed by atoms with van der Waals surface area (Å²) >= 11 is 0. The Labute approximate surface area is 135 Å². The number of pyridine rings is 1. The molecule has 0 bridgehead atoms. The number of hydrogen-bond donors (Lipinski definition) is 2. The number of para-hydroxylation sites is 1. The average Bonchev–Trinajstić information content (AvgIpc) is 2.56. The number of carbonyl (C=O) groups is 1. The van der Waals surface area contributed by atoms with Crippen LogP contribution in [-0.4, -0.2) is 10.9 Å². The fourth-order valence-electron chi connectivity index (χ4n) is 2.35. The minimum absolute atomic E-state index is 0.0955. The molecule has 0 aliphatic carbocycles. The molecule has 0 fully saturated rings. The smallest absolute Gasteiger partial charge is 0.229 e. The van der Waals surface area contributed by atoms with Crippen LogP contribution in [0.1, 0.15) is 5.56 Å². The second-order valence-electron chi connectivity index (χ2n) is 5.21. The maximum Gasteiger partial charge on any atom is 0.229 e. The predicted octanol–water partition coefficient (Wildman–Crippen LogP) is 3.51. The van der Waals surface area contributed by atoms with Gasteiger partial charge in [0.2, 0.25) is 5.91 Å². The van der Waals surface area contributed by atoms with Gasteiger partial charge in [0.15, 0.2) is 0 Å². The van der Waals surface area contributed by atoms with Gasteiger partial charge in [0.25, 0.3) is 0 Å². The highest BCUT2D eigenvalue weighted by molar-refractivity contribution is 5.91. The molecule has 3 aromatic rings. The highest BCUT2D eigenvalue weighted by Gasteiger charge is 2.07. The van der Waals surface area contributed by atoms with E-state index in [0.29, 0.717) is 17.9 Å². The molecule has 114 valence electrons. The van der Waals surface area contributed by atoms with Crippen molar-refractivity contribution in [2.75, 3.05) is 11.1 Å². The summed E-state index contributed by atoms with van der Waals surface area (Å²) in [4.78, 5) is 16.6. The average molecular weight is 303 g/mol. The number of aromatic nitrogens is 1. The van der Waals surface area contributed by atoms with Gasteiger partial charge in [0.05, 0.1) is 12.1 Å². The molecule has 3 rings (SSSR count). The monoisotopic (exact) mass is 303 g/mol. The summed E-state index contributed by atoms with van der Waals surface area (Å²) in [5.41, 5.74) is 9.19. The minimum atomic E-state index is -0.0955. The third kappa shape index (κ3) is 3.74. The van der Waals surface area contributed by atoms with Gasteiger partial charge in [-0.25, -0.2) is 4.98 Å². The number of nitrogens with zero attached hydrogens (tertiary/aromatic N) is 1. The third-order valence-electron chi connectivity index (χ3n) is 3.46. The molecule has 23 heavy (non-hydrogen) atoms. The van der Waals surface area contributed by atoms with Crippen molar-refractivity contribution in [2.45, 2.75) is 6.42 Å². The maximum atomic E-state index is 12.1. The van der Waals surface area contributed by atoms with Crippen LogP contribution in [0.4, 0.5) is 11.5 Å². The van der Waals surface area contributed by atoms with E-state index in [1.165, 1.54) is 0 Å². The Bertz CT molecular complexity index is 816. The molecule has 1 heterocycles. The van der Waals surface area contributed by atoms with Gasteiger partial charge < -0.3 is 11.1 Å². The van der Waals surface area contributed by atoms with Gasteiger partial charge in [-0.1, -0.05) is 54.6 Å². The number of nitrogens with two attached hydrogens (primary N) is 1. The molecular weight excluding hydrogens is 286 g/mol. The molecule has 0 aliphatic rings. The largest absolute Gasteiger partial charge is 0.398 e. The lowest BCUT2D eigenvalue weighted by molar-refractivity contribution is -0.115. The number of nitrogen functional groups attached to an aromatic ring is 1. The van der Waals surface area contributed by atoms with Crippen LogP contribution in [0.5, 0.6) is 0 Å². The number of hydrogen-bond acceptors (Lipinski definition) is 3. The molecule has 0 spiro atoms. The van der Waals surface area contributed by atoms with E-state index in [1.807, 2.05) is 66.7 Å². The zero-order valence-corrected chi connectivity index (χ0v) is 12.6. The van der Waals surface area contributed by atoms with Gasteiger partial charge in [0.1, 0.15) is 5.82 Å². The van der Waals surface area contributed by atoms with Crippen molar-refractivity contribution in [1.29, 1.82) is 0 Å². The van der Waals surface area contributed by atoms with Crippen LogP contribution in [-0.2, 0) is 11.2 Å². The van der Waals surface area contributed by atoms with Crippen LogP contribution in [0.2, 0.25) is 0 Å². The molecular formula is C19H17N3O. The summed E-state index contributed by atoms with van der Waals surface area (Å²) in [7, 11) is 0. The van der Waals surface area contributed by atoms with Crippen molar-refractivity contribution in [3.8, 4) is 11.3 Å². The van der Waals surface area contributed by atoms with Crippen molar-refractivity contribution in [3.63, 3.8) is 0 Å². The molecule has 3 N–H and O–H groups in total. The lowest BCUT2D eigenvalue weighted by atomic mass is 10.1. The standard InChI is InChI=1S/C19H17N3O/c20-16-10-5-4-9-15(16)17-11-6-12-18(21-17)22-19(23)13-14-7-2-1-3-8-14/h1-12H,13,20H2,(H,21,22,23). The first-order chi connectivity index (χ1) is 11.2. The number of benzene rings is 2. The fraction of sp³-hybridized carbons (Fsp3) is 0.0526. The Hall–Kier alpha value is -3.14. The van der Waals surface area contributed by atoms with E-state index in [2.05, 4.69) is 10.3 Å². The van der Waals surface area contributed by atoms with E-state index in [1.54, 1.807) is 6.07 Å². The normalized spacial score (nSPS) is 10.3. The summed E-state index contributed by atoms with van der Waals surface area (Å²) < 4.78 is 0. The van der Waals surface area contributed by atoms with Crippen LogP contribution in [0.25, 0.3) is 11.3 Å². The third-order valence-corrected chi connectivity index (χ3v) is 3.46. The summed E-state index contributed by atoms with van der Waals surface area (Å²) in [6, 6.07) is 22.6. The first-order valence-electron chi connectivity index (χ1n) is 7.38. The summed E-state index contributed by atoms with van der Waals surface area (Å²) in [5.74, 6) is 0.425. The van der Waals surface area contributed by atoms with E-state index in [9.17, 15) is 4.79 Å². The van der Waals surface area contributed by atoms with Crippen molar-refractivity contribution < 1.29 is 4.79 Å². The van der Waals surface area contributed by atoms with Crippen molar-refractivity contribution in [2.24, 2.45) is 0 Å². The van der Waals surface area contributed by atoms with Crippen molar-refractivity contribution >= 4 is 17.4 Å². The van der Waals surface area contributed by atoms with Crippen LogP contribution in [0.3, 0.4) is 0 Å². The van der Waals surface area contributed by atoms with Crippen LogP contribution in [0.15, 0.2) is 72.8 Å². The summed E-state index contributed by atoms with van der Waals surface area (Å²) in [5, 5.41) is 2.83. The zero-order valence-electron chi connectivity index (χ0n) is 12.6. The number of amides is 1. The minimum Gasteiger partial charge on any atom is -0.398 e. The van der Waals surface area contributed by atoms with E-state index >= 15 is 0 Å². The van der Waals surface area contributed by atoms with Gasteiger partial charge in [-0.15, -0.1) is 0 Å². The lowest BCUT2D eigenvalue weighted by Gasteiger charge is -2.08. The van der Waals surface area contributed by atoms with Gasteiger partial charge in [-0.05, 0) is 23.8 Å². The second kappa shape index (κ2) is 6.75. The van der Waals surface area contributed by atoms with Crippen molar-refractivity contribution in [3.05, 3.63) is 78.4 Å². The molecule has 1 amide bonds. The number of rotatable bonds is 4. The second-order valence-corrected chi connectivity index (χ2v) is 5.21. The van der Waals surface area contributed by atoms with Crippen LogP contribution >= 0.6 is 0 Å². The van der Waals surface area contributed by atoms with Crippen LogP contribution in [0, 0.1) is 0 Å². The molecule has 0 saturated carbocycles. The van der Waals surface area contributed by atoms with Crippen LogP contribution < -0.4 is 11.1 Å². The molecule has 4 heteroatoms. The summed E-state index contributed by atoms with van der Waals surface area (Å²) in [6.07, 6.45) is 0.320.